The van der Waals surface area contributed by atoms with Gasteiger partial charge < -0.3 is 9.84 Å². The van der Waals surface area contributed by atoms with E-state index in [1.165, 1.54) is 18.4 Å². The van der Waals surface area contributed by atoms with Crippen LogP contribution in [0.1, 0.15) is 18.4 Å². The third-order valence-corrected chi connectivity index (χ3v) is 4.83. The fraction of sp³-hybridized carbons (Fsp3) is 0.625. The molecular formula is C16H22ClNO2. The Morgan fingerprint density at radius 1 is 1.15 bits per heavy atom. The monoisotopic (exact) mass is 295 g/mol. The summed E-state index contributed by atoms with van der Waals surface area (Å²) in [6.45, 7) is 3.32. The summed E-state index contributed by atoms with van der Waals surface area (Å²) in [4.78, 5) is 2.40. The second-order valence-electron chi connectivity index (χ2n) is 5.98. The Labute approximate surface area is 125 Å². The number of rotatable bonds is 3. The molecule has 2 atom stereocenters. The van der Waals surface area contributed by atoms with Crippen LogP contribution in [0.25, 0.3) is 0 Å². The van der Waals surface area contributed by atoms with Crippen molar-refractivity contribution in [2.75, 3.05) is 26.3 Å². The van der Waals surface area contributed by atoms with Crippen molar-refractivity contribution < 1.29 is 9.84 Å². The van der Waals surface area contributed by atoms with Gasteiger partial charge in [0, 0.05) is 5.02 Å². The van der Waals surface area contributed by atoms with Gasteiger partial charge in [0.2, 0.25) is 0 Å². The maximum absolute atomic E-state index is 9.89. The van der Waals surface area contributed by atoms with Gasteiger partial charge in [-0.2, -0.15) is 0 Å². The number of benzene rings is 1. The fourth-order valence-corrected chi connectivity index (χ4v) is 3.45. The first-order valence-electron chi connectivity index (χ1n) is 7.46. The molecule has 3 rings (SSSR count). The predicted molar refractivity (Wildman–Crippen MR) is 80.1 cm³/mol. The van der Waals surface area contributed by atoms with Crippen LogP contribution in [0.3, 0.4) is 0 Å². The molecule has 4 heteroatoms. The van der Waals surface area contributed by atoms with E-state index in [1.807, 2.05) is 12.1 Å². The summed E-state index contributed by atoms with van der Waals surface area (Å²) in [6, 6.07) is 8.41. The Bertz CT molecular complexity index is 429. The number of hydrogen-bond donors (Lipinski definition) is 1. The molecule has 2 fully saturated rings. The van der Waals surface area contributed by atoms with Crippen molar-refractivity contribution in [1.29, 1.82) is 0 Å². The molecule has 1 aromatic carbocycles. The summed E-state index contributed by atoms with van der Waals surface area (Å²) in [5.41, 5.74) is 1.37. The number of aliphatic hydroxyl groups is 1. The average Bonchev–Trinajstić information content (AvgIpc) is 2.89. The minimum absolute atomic E-state index is 0.214. The van der Waals surface area contributed by atoms with Crippen LogP contribution < -0.4 is 0 Å². The van der Waals surface area contributed by atoms with Crippen molar-refractivity contribution in [3.05, 3.63) is 34.9 Å². The SMILES string of the molecule is O[C@H]1COC[C@@H]1N1CCC(Cc2ccc(Cl)cc2)CC1. The lowest BCUT2D eigenvalue weighted by molar-refractivity contribution is 0.0587. The van der Waals surface area contributed by atoms with Gasteiger partial charge in [-0.15, -0.1) is 0 Å². The molecule has 110 valence electrons. The van der Waals surface area contributed by atoms with Gasteiger partial charge in [0.05, 0.1) is 25.4 Å². The van der Waals surface area contributed by atoms with Crippen molar-refractivity contribution in [1.82, 2.24) is 4.90 Å². The molecule has 2 aliphatic heterocycles. The smallest absolute Gasteiger partial charge is 0.0950 e. The molecule has 0 aliphatic carbocycles. The summed E-state index contributed by atoms with van der Waals surface area (Å²) in [6.07, 6.45) is 3.23. The van der Waals surface area contributed by atoms with E-state index < -0.39 is 0 Å². The van der Waals surface area contributed by atoms with E-state index in [0.29, 0.717) is 13.2 Å². The third kappa shape index (κ3) is 3.34. The number of likely N-dealkylation sites (tertiary alicyclic amines) is 1. The van der Waals surface area contributed by atoms with Gasteiger partial charge in [0.25, 0.3) is 0 Å². The van der Waals surface area contributed by atoms with Gasteiger partial charge in [-0.1, -0.05) is 23.7 Å². The highest BCUT2D eigenvalue weighted by molar-refractivity contribution is 6.30. The lowest BCUT2D eigenvalue weighted by atomic mass is 9.89. The molecule has 1 aromatic rings. The first kappa shape index (κ1) is 14.3. The molecule has 0 spiro atoms. The van der Waals surface area contributed by atoms with Crippen molar-refractivity contribution in [3.63, 3.8) is 0 Å². The number of ether oxygens (including phenoxy) is 1. The second kappa shape index (κ2) is 6.44. The molecule has 0 unspecified atom stereocenters. The number of hydrogen-bond acceptors (Lipinski definition) is 3. The molecule has 3 nitrogen and oxygen atoms in total. The molecule has 0 amide bonds. The number of piperidine rings is 1. The van der Waals surface area contributed by atoms with Gasteiger partial charge in [0.15, 0.2) is 0 Å². The van der Waals surface area contributed by atoms with Gasteiger partial charge >= 0.3 is 0 Å². The molecule has 0 bridgehead atoms. The van der Waals surface area contributed by atoms with Crippen molar-refractivity contribution in [2.24, 2.45) is 5.92 Å². The standard InChI is InChI=1S/C16H22ClNO2/c17-14-3-1-12(2-4-14)9-13-5-7-18(8-6-13)15-10-20-11-16(15)19/h1-4,13,15-16,19H,5-11H2/t15-,16-/m0/s1. The zero-order chi connectivity index (χ0) is 13.9. The summed E-state index contributed by atoms with van der Waals surface area (Å²) in [5.74, 6) is 0.742. The highest BCUT2D eigenvalue weighted by Gasteiger charge is 2.33. The molecule has 1 N–H and O–H groups in total. The number of nitrogens with zero attached hydrogens (tertiary/aromatic N) is 1. The van der Waals surface area contributed by atoms with Crippen LogP contribution in [0.15, 0.2) is 24.3 Å². The second-order valence-corrected chi connectivity index (χ2v) is 6.42. The Hall–Kier alpha value is -0.610. The number of halogens is 1. The molecule has 2 heterocycles. The van der Waals surface area contributed by atoms with Crippen molar-refractivity contribution in [3.8, 4) is 0 Å². The highest BCUT2D eigenvalue weighted by atomic mass is 35.5. The quantitative estimate of drug-likeness (QED) is 0.929. The zero-order valence-electron chi connectivity index (χ0n) is 11.7. The minimum atomic E-state index is -0.303. The summed E-state index contributed by atoms with van der Waals surface area (Å²) >= 11 is 5.92. The largest absolute Gasteiger partial charge is 0.389 e. The van der Waals surface area contributed by atoms with Crippen LogP contribution in [0.5, 0.6) is 0 Å². The van der Waals surface area contributed by atoms with Crippen molar-refractivity contribution >= 4 is 11.6 Å². The summed E-state index contributed by atoms with van der Waals surface area (Å²) < 4.78 is 5.35. The normalized spacial score (nSPS) is 28.9. The Balaban J connectivity index is 1.49. The van der Waals surface area contributed by atoms with E-state index in [0.717, 1.165) is 30.5 Å². The van der Waals surface area contributed by atoms with E-state index in [9.17, 15) is 5.11 Å². The summed E-state index contributed by atoms with van der Waals surface area (Å²) in [7, 11) is 0. The molecule has 0 saturated carbocycles. The van der Waals surface area contributed by atoms with E-state index in [2.05, 4.69) is 17.0 Å². The average molecular weight is 296 g/mol. The molecule has 0 radical (unpaired) electrons. The van der Waals surface area contributed by atoms with Crippen LogP contribution in [-0.2, 0) is 11.2 Å². The molecule has 0 aromatic heterocycles. The zero-order valence-corrected chi connectivity index (χ0v) is 12.4. The lowest BCUT2D eigenvalue weighted by Gasteiger charge is -2.36. The van der Waals surface area contributed by atoms with Gasteiger partial charge in [-0.3, -0.25) is 4.90 Å². The van der Waals surface area contributed by atoms with Gasteiger partial charge in [0.1, 0.15) is 0 Å². The van der Waals surface area contributed by atoms with Crippen LogP contribution in [0, 0.1) is 5.92 Å². The van der Waals surface area contributed by atoms with E-state index in [4.69, 9.17) is 16.3 Å². The van der Waals surface area contributed by atoms with Crippen molar-refractivity contribution in [2.45, 2.75) is 31.4 Å². The maximum Gasteiger partial charge on any atom is 0.0950 e. The first-order valence-corrected chi connectivity index (χ1v) is 7.84. The van der Waals surface area contributed by atoms with E-state index >= 15 is 0 Å². The van der Waals surface area contributed by atoms with Crippen LogP contribution in [0.2, 0.25) is 5.02 Å². The number of aliphatic hydroxyl groups excluding tert-OH is 1. The summed E-state index contributed by atoms with van der Waals surface area (Å²) in [5, 5.41) is 10.7. The molecule has 20 heavy (non-hydrogen) atoms. The molecule has 2 aliphatic rings. The maximum atomic E-state index is 9.89. The van der Waals surface area contributed by atoms with E-state index in [1.54, 1.807) is 0 Å². The van der Waals surface area contributed by atoms with Crippen LogP contribution in [0.4, 0.5) is 0 Å². The Kier molecular flexibility index (Phi) is 4.61. The van der Waals surface area contributed by atoms with Gasteiger partial charge in [-0.25, -0.2) is 0 Å². The van der Waals surface area contributed by atoms with Crippen LogP contribution in [-0.4, -0.2) is 48.5 Å². The topological polar surface area (TPSA) is 32.7 Å². The van der Waals surface area contributed by atoms with E-state index in [-0.39, 0.29) is 12.1 Å². The minimum Gasteiger partial charge on any atom is -0.389 e. The first-order chi connectivity index (χ1) is 9.72. The predicted octanol–water partition coefficient (Wildman–Crippen LogP) is 2.35. The third-order valence-electron chi connectivity index (χ3n) is 4.58. The molecule has 2 saturated heterocycles. The Morgan fingerprint density at radius 2 is 1.85 bits per heavy atom. The van der Waals surface area contributed by atoms with Gasteiger partial charge in [-0.05, 0) is 56.0 Å². The fourth-order valence-electron chi connectivity index (χ4n) is 3.32. The highest BCUT2D eigenvalue weighted by Crippen LogP contribution is 2.25. The lowest BCUT2D eigenvalue weighted by Crippen LogP contribution is -2.47. The molecular weight excluding hydrogens is 274 g/mol. The Morgan fingerprint density at radius 3 is 2.45 bits per heavy atom. The van der Waals surface area contributed by atoms with Crippen LogP contribution >= 0.6 is 11.6 Å².